The Kier molecular flexibility index (Phi) is 5.70. The molecule has 7 heteroatoms. The van der Waals surface area contributed by atoms with Gasteiger partial charge in [-0.3, -0.25) is 20.3 Å². The maximum Gasteiger partial charge on any atom is 0.321 e. The molecule has 0 bridgehead atoms. The standard InChI is InChI=1S/C18H33N3O4/c1-18(2)12-8-6-5-7-11(12)10-21(15(18)16(22)23)17-19-13(24-3)9-14(20-17)25-4/h11-15,17,19-20H,5-10H2,1-4H3,(H,22,23). The zero-order chi connectivity index (χ0) is 18.2. The van der Waals surface area contributed by atoms with E-state index in [1.54, 1.807) is 14.2 Å². The van der Waals surface area contributed by atoms with Crippen LogP contribution in [0.5, 0.6) is 0 Å². The summed E-state index contributed by atoms with van der Waals surface area (Å²) < 4.78 is 11.0. The molecular weight excluding hydrogens is 322 g/mol. The first kappa shape index (κ1) is 19.0. The van der Waals surface area contributed by atoms with Gasteiger partial charge < -0.3 is 14.6 Å². The Morgan fingerprint density at radius 2 is 1.72 bits per heavy atom. The molecule has 0 amide bonds. The van der Waals surface area contributed by atoms with Gasteiger partial charge in [0.15, 0.2) is 0 Å². The lowest BCUT2D eigenvalue weighted by atomic mass is 9.59. The molecule has 25 heavy (non-hydrogen) atoms. The van der Waals surface area contributed by atoms with Crippen molar-refractivity contribution in [1.29, 1.82) is 0 Å². The SMILES string of the molecule is COC1CC(OC)NC(N2CC3CCCCC3C(C)(C)C2C(=O)O)N1. The second kappa shape index (κ2) is 7.48. The topological polar surface area (TPSA) is 83.1 Å². The molecule has 3 aliphatic rings. The third-order valence-electron chi connectivity index (χ3n) is 6.60. The molecule has 0 radical (unpaired) electrons. The van der Waals surface area contributed by atoms with Gasteiger partial charge in [0, 0.05) is 27.2 Å². The fraction of sp³-hybridized carbons (Fsp3) is 0.944. The number of aliphatic carboxylic acids is 1. The number of hydrogen-bond donors (Lipinski definition) is 3. The van der Waals surface area contributed by atoms with Crippen LogP contribution in [0.2, 0.25) is 0 Å². The Balaban J connectivity index is 1.88. The average molecular weight is 355 g/mol. The normalized spacial score (nSPS) is 41.9. The van der Waals surface area contributed by atoms with Crippen molar-refractivity contribution >= 4 is 5.97 Å². The van der Waals surface area contributed by atoms with Crippen molar-refractivity contribution < 1.29 is 19.4 Å². The molecule has 144 valence electrons. The zero-order valence-corrected chi connectivity index (χ0v) is 15.8. The van der Waals surface area contributed by atoms with Crippen LogP contribution in [0.3, 0.4) is 0 Å². The summed E-state index contributed by atoms with van der Waals surface area (Å²) >= 11 is 0. The summed E-state index contributed by atoms with van der Waals surface area (Å²) in [6.07, 6.45) is 4.89. The Bertz CT molecular complexity index is 475. The highest BCUT2D eigenvalue weighted by molar-refractivity contribution is 5.75. The van der Waals surface area contributed by atoms with E-state index in [0.29, 0.717) is 18.3 Å². The van der Waals surface area contributed by atoms with E-state index in [1.807, 2.05) is 0 Å². The van der Waals surface area contributed by atoms with Crippen LogP contribution in [0.25, 0.3) is 0 Å². The highest BCUT2D eigenvalue weighted by Crippen LogP contribution is 2.49. The van der Waals surface area contributed by atoms with Crippen LogP contribution in [-0.4, -0.2) is 61.5 Å². The van der Waals surface area contributed by atoms with Crippen LogP contribution >= 0.6 is 0 Å². The lowest BCUT2D eigenvalue weighted by molar-refractivity contribution is -0.175. The van der Waals surface area contributed by atoms with E-state index in [1.165, 1.54) is 19.3 Å². The van der Waals surface area contributed by atoms with E-state index in [2.05, 4.69) is 29.4 Å². The largest absolute Gasteiger partial charge is 0.480 e. The number of likely N-dealkylation sites (tertiary alicyclic amines) is 1. The van der Waals surface area contributed by atoms with E-state index in [-0.39, 0.29) is 24.2 Å². The van der Waals surface area contributed by atoms with Crippen molar-refractivity contribution in [1.82, 2.24) is 15.5 Å². The minimum absolute atomic E-state index is 0.155. The first-order chi connectivity index (χ1) is 11.9. The summed E-state index contributed by atoms with van der Waals surface area (Å²) in [4.78, 5) is 14.3. The predicted molar refractivity (Wildman–Crippen MR) is 93.6 cm³/mol. The minimum Gasteiger partial charge on any atom is -0.480 e. The van der Waals surface area contributed by atoms with E-state index in [0.717, 1.165) is 13.0 Å². The Hall–Kier alpha value is -0.730. The molecule has 2 aliphatic heterocycles. The fourth-order valence-electron chi connectivity index (χ4n) is 5.38. The molecule has 0 aromatic heterocycles. The number of methoxy groups -OCH3 is 2. The quantitative estimate of drug-likeness (QED) is 0.703. The molecule has 1 aliphatic carbocycles. The maximum atomic E-state index is 12.2. The van der Waals surface area contributed by atoms with Crippen molar-refractivity contribution in [2.45, 2.75) is 70.7 Å². The van der Waals surface area contributed by atoms with Gasteiger partial charge in [-0.2, -0.15) is 0 Å². The van der Waals surface area contributed by atoms with E-state index < -0.39 is 12.0 Å². The van der Waals surface area contributed by atoms with Crippen LogP contribution in [-0.2, 0) is 14.3 Å². The van der Waals surface area contributed by atoms with Gasteiger partial charge in [0.2, 0.25) is 0 Å². The summed E-state index contributed by atoms with van der Waals surface area (Å²) in [5, 5.41) is 16.9. The Morgan fingerprint density at radius 1 is 1.12 bits per heavy atom. The van der Waals surface area contributed by atoms with Crippen LogP contribution in [0.1, 0.15) is 46.0 Å². The summed E-state index contributed by atoms with van der Waals surface area (Å²) in [6.45, 7) is 5.05. The highest BCUT2D eigenvalue weighted by Gasteiger charge is 2.54. The number of carboxylic acid groups (broad SMARTS) is 1. The molecule has 3 N–H and O–H groups in total. The number of hydrogen-bond acceptors (Lipinski definition) is 6. The zero-order valence-electron chi connectivity index (χ0n) is 15.8. The lowest BCUT2D eigenvalue weighted by Crippen LogP contribution is -2.73. The van der Waals surface area contributed by atoms with Gasteiger partial charge in [-0.25, -0.2) is 0 Å². The van der Waals surface area contributed by atoms with Crippen molar-refractivity contribution in [3.63, 3.8) is 0 Å². The molecule has 3 rings (SSSR count). The first-order valence-corrected chi connectivity index (χ1v) is 9.44. The summed E-state index contributed by atoms with van der Waals surface area (Å²) in [7, 11) is 3.33. The number of carbonyl (C=O) groups is 1. The lowest BCUT2D eigenvalue weighted by Gasteiger charge is -2.57. The molecule has 5 unspecified atom stereocenters. The minimum atomic E-state index is -0.744. The molecular formula is C18H33N3O4. The van der Waals surface area contributed by atoms with Gasteiger partial charge in [0.05, 0.1) is 0 Å². The number of nitrogens with zero attached hydrogens (tertiary/aromatic N) is 1. The second-order valence-electron chi connectivity index (χ2n) is 8.33. The number of rotatable bonds is 4. The smallest absolute Gasteiger partial charge is 0.321 e. The van der Waals surface area contributed by atoms with Crippen LogP contribution < -0.4 is 10.6 Å². The van der Waals surface area contributed by atoms with Crippen LogP contribution in [0, 0.1) is 17.3 Å². The van der Waals surface area contributed by atoms with Gasteiger partial charge in [0.25, 0.3) is 0 Å². The molecule has 7 nitrogen and oxygen atoms in total. The number of ether oxygens (including phenoxy) is 2. The van der Waals surface area contributed by atoms with Gasteiger partial charge in [-0.05, 0) is 30.1 Å². The number of fused-ring (bicyclic) bond motifs is 1. The Labute approximate surface area is 150 Å². The number of nitrogens with one attached hydrogen (secondary N) is 2. The second-order valence-corrected chi connectivity index (χ2v) is 8.33. The van der Waals surface area contributed by atoms with Crippen molar-refractivity contribution in [2.75, 3.05) is 20.8 Å². The molecule has 0 spiro atoms. The molecule has 1 saturated carbocycles. The van der Waals surface area contributed by atoms with Crippen molar-refractivity contribution in [3.8, 4) is 0 Å². The van der Waals surface area contributed by atoms with Crippen molar-refractivity contribution in [2.24, 2.45) is 17.3 Å². The Morgan fingerprint density at radius 3 is 2.28 bits per heavy atom. The summed E-state index contributed by atoms with van der Waals surface area (Å²) in [6, 6.07) is -0.537. The monoisotopic (exact) mass is 355 g/mol. The van der Waals surface area contributed by atoms with E-state index in [4.69, 9.17) is 9.47 Å². The molecule has 3 fully saturated rings. The highest BCUT2D eigenvalue weighted by atomic mass is 16.5. The van der Waals surface area contributed by atoms with E-state index in [9.17, 15) is 9.90 Å². The summed E-state index contributed by atoms with van der Waals surface area (Å²) in [5.74, 6) is 0.275. The molecule has 0 aromatic carbocycles. The van der Waals surface area contributed by atoms with Crippen LogP contribution in [0.15, 0.2) is 0 Å². The maximum absolute atomic E-state index is 12.2. The summed E-state index contributed by atoms with van der Waals surface area (Å²) in [5.41, 5.74) is -0.277. The predicted octanol–water partition coefficient (Wildman–Crippen LogP) is 1.40. The van der Waals surface area contributed by atoms with Gasteiger partial charge >= 0.3 is 5.97 Å². The van der Waals surface area contributed by atoms with Gasteiger partial charge in [-0.15, -0.1) is 0 Å². The molecule has 5 atom stereocenters. The third kappa shape index (κ3) is 3.57. The molecule has 0 aromatic rings. The van der Waals surface area contributed by atoms with Gasteiger partial charge in [-0.1, -0.05) is 26.7 Å². The average Bonchev–Trinajstić information content (AvgIpc) is 2.60. The van der Waals surface area contributed by atoms with Crippen molar-refractivity contribution in [3.05, 3.63) is 0 Å². The molecule has 2 heterocycles. The van der Waals surface area contributed by atoms with Gasteiger partial charge in [0.1, 0.15) is 24.8 Å². The molecule has 2 saturated heterocycles. The van der Waals surface area contributed by atoms with Crippen LogP contribution in [0.4, 0.5) is 0 Å². The van der Waals surface area contributed by atoms with E-state index >= 15 is 0 Å². The first-order valence-electron chi connectivity index (χ1n) is 9.44. The third-order valence-corrected chi connectivity index (χ3v) is 6.60. The number of carboxylic acids is 1. The fourth-order valence-corrected chi connectivity index (χ4v) is 5.38. The number of piperidine rings is 1.